The fraction of sp³-hybridized carbons (Fsp3) is 0.0196. The number of rotatable bonds is 5. The third-order valence-corrected chi connectivity index (χ3v) is 12.4. The second kappa shape index (κ2) is 12.6. The van der Waals surface area contributed by atoms with Gasteiger partial charge in [-0.2, -0.15) is 0 Å². The van der Waals surface area contributed by atoms with Gasteiger partial charge in [-0.3, -0.25) is 0 Å². The quantitative estimate of drug-likeness (QED) is 0.191. The number of aliphatic imine (C=N–C) groups is 2. The van der Waals surface area contributed by atoms with E-state index >= 15 is 0 Å². The summed E-state index contributed by atoms with van der Waals surface area (Å²) in [6.45, 7) is 0. The molecule has 0 saturated heterocycles. The maximum atomic E-state index is 6.30. The molecule has 1 N–H and O–H groups in total. The molecule has 3 aromatic heterocycles. The third-order valence-electron chi connectivity index (χ3n) is 11.3. The number of para-hydroxylation sites is 3. The topological polar surface area (TPSA) is 54.8 Å². The van der Waals surface area contributed by atoms with Crippen molar-refractivity contribution in [1.82, 2.24) is 9.88 Å². The zero-order valence-corrected chi connectivity index (χ0v) is 31.4. The van der Waals surface area contributed by atoms with Crippen LogP contribution in [0.4, 0.5) is 0 Å². The van der Waals surface area contributed by atoms with Crippen molar-refractivity contribution in [2.45, 2.75) is 6.17 Å². The average molecular weight is 749 g/mol. The van der Waals surface area contributed by atoms with Crippen molar-refractivity contribution in [3.05, 3.63) is 199 Å². The van der Waals surface area contributed by atoms with E-state index in [0.29, 0.717) is 0 Å². The Morgan fingerprint density at radius 3 is 1.98 bits per heavy atom. The normalized spacial score (nSPS) is 14.5. The summed E-state index contributed by atoms with van der Waals surface area (Å²) in [6.07, 6.45) is -0.464. The Kier molecular flexibility index (Phi) is 7.09. The van der Waals surface area contributed by atoms with Gasteiger partial charge in [0, 0.05) is 64.1 Å². The summed E-state index contributed by atoms with van der Waals surface area (Å²) in [6, 6.07) is 64.5. The van der Waals surface area contributed by atoms with E-state index in [1.165, 1.54) is 53.1 Å². The first-order chi connectivity index (χ1) is 28.2. The number of furan rings is 1. The molecule has 11 aromatic rings. The first-order valence-electron chi connectivity index (χ1n) is 19.2. The van der Waals surface area contributed by atoms with Crippen LogP contribution in [0.2, 0.25) is 0 Å². The first kappa shape index (κ1) is 32.0. The van der Waals surface area contributed by atoms with E-state index in [2.05, 4.69) is 155 Å². The summed E-state index contributed by atoms with van der Waals surface area (Å²) >= 11 is 1.82. The minimum absolute atomic E-state index is 0.464. The Hall–Kier alpha value is -7.28. The van der Waals surface area contributed by atoms with Gasteiger partial charge in [0.15, 0.2) is 6.17 Å². The second-order valence-corrected chi connectivity index (χ2v) is 15.7. The van der Waals surface area contributed by atoms with Crippen LogP contribution < -0.4 is 5.32 Å². The van der Waals surface area contributed by atoms with Gasteiger partial charge in [-0.05, 0) is 77.9 Å². The van der Waals surface area contributed by atoms with Gasteiger partial charge in [0.05, 0.1) is 11.0 Å². The van der Waals surface area contributed by atoms with Gasteiger partial charge in [0.25, 0.3) is 0 Å². The van der Waals surface area contributed by atoms with Crippen LogP contribution in [0.25, 0.3) is 80.7 Å². The monoisotopic (exact) mass is 748 g/mol. The molecule has 0 saturated carbocycles. The number of nitrogens with zero attached hydrogens (tertiary/aromatic N) is 3. The van der Waals surface area contributed by atoms with E-state index in [-0.39, 0.29) is 0 Å². The summed E-state index contributed by atoms with van der Waals surface area (Å²) in [7, 11) is 0. The summed E-state index contributed by atoms with van der Waals surface area (Å²) in [4.78, 5) is 10.6. The summed E-state index contributed by atoms with van der Waals surface area (Å²) in [5.41, 5.74) is 10.7. The highest BCUT2D eigenvalue weighted by Crippen LogP contribution is 2.43. The largest absolute Gasteiger partial charge is 0.456 e. The Labute approximate surface area is 331 Å². The van der Waals surface area contributed by atoms with Gasteiger partial charge in [0.2, 0.25) is 0 Å². The molecular formula is C51H32N4OS. The Morgan fingerprint density at radius 1 is 0.456 bits per heavy atom. The fourth-order valence-electron chi connectivity index (χ4n) is 8.61. The van der Waals surface area contributed by atoms with Gasteiger partial charge in [0.1, 0.15) is 22.8 Å². The lowest BCUT2D eigenvalue weighted by atomic mass is 9.98. The number of nitrogens with one attached hydrogen (secondary N) is 1. The van der Waals surface area contributed by atoms with Gasteiger partial charge in [-0.25, -0.2) is 9.98 Å². The summed E-state index contributed by atoms with van der Waals surface area (Å²) in [5, 5.41) is 10.7. The van der Waals surface area contributed by atoms with Crippen LogP contribution in [-0.2, 0) is 0 Å². The lowest BCUT2D eigenvalue weighted by Gasteiger charge is -2.23. The van der Waals surface area contributed by atoms with Crippen LogP contribution >= 0.6 is 11.3 Å². The molecule has 0 amide bonds. The van der Waals surface area contributed by atoms with Crippen molar-refractivity contribution in [1.29, 1.82) is 0 Å². The number of hydrogen-bond donors (Lipinski definition) is 1. The lowest BCUT2D eigenvalue weighted by molar-refractivity contribution is 0.668. The standard InChI is InChI=1S/C51H32N4OS/c1-3-12-31(13-4-1)49-52-50(34-22-25-38-37-17-8-10-20-44(37)56-45(38)30-34)54-51(53-49)39-18-11-21-47-48(39)41-29-33(24-27-46(41)57-47)32-23-26-43-40(28-32)36-16-7-9-19-42(36)55(43)35-14-5-2-6-15-35/h1-30,51H,(H,52,53,54). The Morgan fingerprint density at radius 2 is 1.12 bits per heavy atom. The number of amidine groups is 2. The Bertz CT molecular complexity index is 3450. The van der Waals surface area contributed by atoms with Crippen LogP contribution in [0.3, 0.4) is 0 Å². The minimum atomic E-state index is -0.464. The highest BCUT2D eigenvalue weighted by Gasteiger charge is 2.24. The number of fused-ring (bicyclic) bond motifs is 9. The van der Waals surface area contributed by atoms with Crippen molar-refractivity contribution in [3.8, 4) is 16.8 Å². The van der Waals surface area contributed by atoms with Crippen molar-refractivity contribution >= 4 is 86.9 Å². The zero-order valence-electron chi connectivity index (χ0n) is 30.6. The molecule has 4 heterocycles. The van der Waals surface area contributed by atoms with Crippen LogP contribution in [0.5, 0.6) is 0 Å². The number of aromatic nitrogens is 1. The Balaban J connectivity index is 1.01. The van der Waals surface area contributed by atoms with E-state index in [4.69, 9.17) is 14.4 Å². The van der Waals surface area contributed by atoms with Crippen LogP contribution in [0.1, 0.15) is 22.9 Å². The molecule has 0 fully saturated rings. The maximum Gasteiger partial charge on any atom is 0.170 e. The molecule has 57 heavy (non-hydrogen) atoms. The molecule has 0 bridgehead atoms. The molecule has 1 aliphatic heterocycles. The van der Waals surface area contributed by atoms with Gasteiger partial charge in [-0.15, -0.1) is 11.3 Å². The lowest BCUT2D eigenvalue weighted by Crippen LogP contribution is -2.36. The fourth-order valence-corrected chi connectivity index (χ4v) is 9.73. The van der Waals surface area contributed by atoms with Crippen molar-refractivity contribution in [2.24, 2.45) is 9.98 Å². The van der Waals surface area contributed by atoms with Crippen molar-refractivity contribution < 1.29 is 4.42 Å². The third kappa shape index (κ3) is 5.15. The molecule has 1 aliphatic rings. The maximum absolute atomic E-state index is 6.30. The molecule has 12 rings (SSSR count). The van der Waals surface area contributed by atoms with E-state index in [9.17, 15) is 0 Å². The van der Waals surface area contributed by atoms with E-state index in [1.54, 1.807) is 0 Å². The molecule has 1 unspecified atom stereocenters. The van der Waals surface area contributed by atoms with Gasteiger partial charge < -0.3 is 14.3 Å². The molecule has 1 atom stereocenters. The van der Waals surface area contributed by atoms with Crippen molar-refractivity contribution in [2.75, 3.05) is 0 Å². The minimum Gasteiger partial charge on any atom is -0.456 e. The highest BCUT2D eigenvalue weighted by atomic mass is 32.1. The zero-order chi connectivity index (χ0) is 37.5. The first-order valence-corrected chi connectivity index (χ1v) is 20.0. The molecule has 8 aromatic carbocycles. The molecule has 5 nitrogen and oxygen atoms in total. The van der Waals surface area contributed by atoms with Gasteiger partial charge in [-0.1, -0.05) is 115 Å². The van der Waals surface area contributed by atoms with E-state index in [1.807, 2.05) is 47.7 Å². The molecular weight excluding hydrogens is 717 g/mol. The average Bonchev–Trinajstić information content (AvgIpc) is 3.95. The molecule has 268 valence electrons. The predicted molar refractivity (Wildman–Crippen MR) is 238 cm³/mol. The molecule has 0 spiro atoms. The highest BCUT2D eigenvalue weighted by molar-refractivity contribution is 7.25. The summed E-state index contributed by atoms with van der Waals surface area (Å²) in [5.74, 6) is 1.55. The predicted octanol–water partition coefficient (Wildman–Crippen LogP) is 13.2. The SMILES string of the molecule is c1ccc(C2=NC(c3cccc4sc5ccc(-c6ccc7c(c6)c6ccccc6n7-c6ccccc6)cc5c34)N=C(c3ccc4c(c3)oc3ccccc34)N2)cc1. The number of benzene rings is 8. The second-order valence-electron chi connectivity index (χ2n) is 14.6. The van der Waals surface area contributed by atoms with E-state index < -0.39 is 6.17 Å². The summed E-state index contributed by atoms with van der Waals surface area (Å²) < 4.78 is 11.1. The van der Waals surface area contributed by atoms with E-state index in [0.717, 1.165) is 56.0 Å². The smallest absolute Gasteiger partial charge is 0.170 e. The van der Waals surface area contributed by atoms with Gasteiger partial charge >= 0.3 is 0 Å². The molecule has 6 heteroatoms. The van der Waals surface area contributed by atoms with Crippen LogP contribution in [0, 0.1) is 0 Å². The number of thiophene rings is 1. The van der Waals surface area contributed by atoms with Crippen LogP contribution in [-0.4, -0.2) is 16.2 Å². The molecule has 0 radical (unpaired) electrons. The van der Waals surface area contributed by atoms with Crippen LogP contribution in [0.15, 0.2) is 196 Å². The van der Waals surface area contributed by atoms with Crippen molar-refractivity contribution in [3.63, 3.8) is 0 Å². The molecule has 0 aliphatic carbocycles. The number of hydrogen-bond acceptors (Lipinski definition) is 5.